The van der Waals surface area contributed by atoms with Crippen LogP contribution in [-0.4, -0.2) is 12.1 Å². The molecule has 0 heterocycles. The van der Waals surface area contributed by atoms with Crippen molar-refractivity contribution in [3.8, 4) is 5.75 Å². The molecule has 15 heavy (non-hydrogen) atoms. The fraction of sp³-hybridized carbons (Fsp3) is 0.500. The highest BCUT2D eigenvalue weighted by Gasteiger charge is 2.24. The summed E-state index contributed by atoms with van der Waals surface area (Å²) in [6, 6.07) is 6.27. The molecule has 1 aliphatic carbocycles. The molecule has 1 aliphatic rings. The normalized spacial score (nSPS) is 15.5. The van der Waals surface area contributed by atoms with E-state index in [-0.39, 0.29) is 0 Å². The van der Waals surface area contributed by atoms with Gasteiger partial charge in [-0.25, -0.2) is 0 Å². The highest BCUT2D eigenvalue weighted by molar-refractivity contribution is 6.32. The van der Waals surface area contributed by atoms with Gasteiger partial charge in [0.2, 0.25) is 0 Å². The van der Waals surface area contributed by atoms with Crippen LogP contribution in [-0.2, 0) is 0 Å². The molecule has 0 aromatic heterocycles. The van der Waals surface area contributed by atoms with Crippen LogP contribution in [0.2, 0.25) is 5.02 Å². The van der Waals surface area contributed by atoms with Crippen LogP contribution >= 0.6 is 11.6 Å². The van der Waals surface area contributed by atoms with Crippen molar-refractivity contribution in [1.29, 1.82) is 0 Å². The van der Waals surface area contributed by atoms with Crippen LogP contribution < -0.4 is 10.1 Å². The van der Waals surface area contributed by atoms with Crippen LogP contribution in [0, 0.1) is 0 Å². The Balaban J connectivity index is 2.07. The summed E-state index contributed by atoms with van der Waals surface area (Å²) in [7, 11) is 0. The Morgan fingerprint density at radius 1 is 1.40 bits per heavy atom. The summed E-state index contributed by atoms with van der Waals surface area (Å²) < 4.78 is 5.66. The second kappa shape index (κ2) is 4.31. The predicted molar refractivity (Wildman–Crippen MR) is 63.9 cm³/mol. The molecule has 1 N–H and O–H groups in total. The van der Waals surface area contributed by atoms with Crippen molar-refractivity contribution in [2.75, 3.05) is 5.32 Å². The van der Waals surface area contributed by atoms with Gasteiger partial charge in [-0.05, 0) is 44.9 Å². The van der Waals surface area contributed by atoms with Crippen molar-refractivity contribution in [2.24, 2.45) is 0 Å². The molecule has 3 heteroatoms. The van der Waals surface area contributed by atoms with Gasteiger partial charge in [0.05, 0.1) is 11.1 Å². The Bertz CT molecular complexity index is 347. The lowest BCUT2D eigenvalue weighted by Crippen LogP contribution is -2.09. The van der Waals surface area contributed by atoms with E-state index in [1.165, 1.54) is 0 Å². The third-order valence-electron chi connectivity index (χ3n) is 2.21. The molecule has 2 rings (SSSR count). The van der Waals surface area contributed by atoms with E-state index in [4.69, 9.17) is 16.3 Å². The summed E-state index contributed by atoms with van der Waals surface area (Å²) >= 11 is 6.12. The number of ether oxygens (including phenoxy) is 1. The van der Waals surface area contributed by atoms with Crippen molar-refractivity contribution in [2.45, 2.75) is 38.8 Å². The second-order valence-electron chi connectivity index (χ2n) is 4.26. The smallest absolute Gasteiger partial charge is 0.138 e. The minimum Gasteiger partial charge on any atom is -0.489 e. The van der Waals surface area contributed by atoms with Gasteiger partial charge in [-0.1, -0.05) is 11.6 Å². The van der Waals surface area contributed by atoms with E-state index in [2.05, 4.69) is 19.2 Å². The van der Waals surface area contributed by atoms with Crippen LogP contribution in [0.1, 0.15) is 26.7 Å². The predicted octanol–water partition coefficient (Wildman–Crippen LogP) is 3.70. The van der Waals surface area contributed by atoms with Crippen molar-refractivity contribution in [1.82, 2.24) is 0 Å². The summed E-state index contributed by atoms with van der Waals surface area (Å²) in [6.45, 7) is 4.20. The van der Waals surface area contributed by atoms with E-state index >= 15 is 0 Å². The topological polar surface area (TPSA) is 21.3 Å². The lowest BCUT2D eigenvalue weighted by molar-refractivity contribution is 0.303. The third-order valence-corrected chi connectivity index (χ3v) is 2.50. The number of anilines is 1. The zero-order chi connectivity index (χ0) is 10.8. The first-order valence-electron chi connectivity index (χ1n) is 5.38. The maximum Gasteiger partial charge on any atom is 0.138 e. The second-order valence-corrected chi connectivity index (χ2v) is 4.67. The molecule has 1 aromatic rings. The Morgan fingerprint density at radius 2 is 2.13 bits per heavy atom. The average Bonchev–Trinajstić information content (AvgIpc) is 2.92. The first-order valence-corrected chi connectivity index (χ1v) is 5.75. The molecule has 0 aliphatic heterocycles. The van der Waals surface area contributed by atoms with Crippen molar-refractivity contribution in [3.05, 3.63) is 23.2 Å². The fourth-order valence-corrected chi connectivity index (χ4v) is 1.61. The van der Waals surface area contributed by atoms with Gasteiger partial charge < -0.3 is 10.1 Å². The summed E-state index contributed by atoms with van der Waals surface area (Å²) in [5.41, 5.74) is 1.04. The molecule has 0 unspecified atom stereocenters. The Kier molecular flexibility index (Phi) is 3.06. The van der Waals surface area contributed by atoms with Gasteiger partial charge in [-0.2, -0.15) is 0 Å². The van der Waals surface area contributed by atoms with Crippen molar-refractivity contribution in [3.63, 3.8) is 0 Å². The minimum absolute atomic E-state index is 0.395. The lowest BCUT2D eigenvalue weighted by atomic mass is 10.2. The van der Waals surface area contributed by atoms with Crippen LogP contribution in [0.25, 0.3) is 0 Å². The highest BCUT2D eigenvalue weighted by Crippen LogP contribution is 2.33. The van der Waals surface area contributed by atoms with Gasteiger partial charge in [0.25, 0.3) is 0 Å². The Morgan fingerprint density at radius 3 is 2.67 bits per heavy atom. The number of hydrogen-bond donors (Lipinski definition) is 1. The van der Waals surface area contributed by atoms with E-state index in [1.54, 1.807) is 0 Å². The Hall–Kier alpha value is -0.890. The molecule has 0 atom stereocenters. The largest absolute Gasteiger partial charge is 0.489 e. The number of hydrogen-bond acceptors (Lipinski definition) is 2. The zero-order valence-electron chi connectivity index (χ0n) is 9.09. The molecule has 0 radical (unpaired) electrons. The van der Waals surface area contributed by atoms with Crippen LogP contribution in [0.5, 0.6) is 5.75 Å². The molecule has 82 valence electrons. The van der Waals surface area contributed by atoms with E-state index in [0.717, 1.165) is 24.3 Å². The highest BCUT2D eigenvalue weighted by atomic mass is 35.5. The molecule has 0 saturated heterocycles. The average molecular weight is 226 g/mol. The first-order chi connectivity index (χ1) is 7.15. The molecular weight excluding hydrogens is 210 g/mol. The van der Waals surface area contributed by atoms with Crippen LogP contribution in [0.3, 0.4) is 0 Å². The maximum absolute atomic E-state index is 6.12. The summed E-state index contributed by atoms with van der Waals surface area (Å²) in [5, 5.41) is 3.99. The van der Waals surface area contributed by atoms with Gasteiger partial charge in [0.15, 0.2) is 0 Å². The molecule has 1 aromatic carbocycles. The van der Waals surface area contributed by atoms with Crippen molar-refractivity contribution >= 4 is 17.3 Å². The fourth-order valence-electron chi connectivity index (χ4n) is 1.38. The zero-order valence-corrected chi connectivity index (χ0v) is 9.84. The van der Waals surface area contributed by atoms with Gasteiger partial charge >= 0.3 is 0 Å². The summed E-state index contributed by atoms with van der Waals surface area (Å²) in [5.74, 6) is 0.800. The number of nitrogens with one attached hydrogen (secondary N) is 1. The standard InChI is InChI=1S/C12H16ClNO/c1-8(2)14-9-3-6-12(11(13)7-9)15-10-4-5-10/h3,6-8,10,14H,4-5H2,1-2H3. The van der Waals surface area contributed by atoms with E-state index in [9.17, 15) is 0 Å². The van der Waals surface area contributed by atoms with Crippen molar-refractivity contribution < 1.29 is 4.74 Å². The van der Waals surface area contributed by atoms with Gasteiger partial charge in [0, 0.05) is 11.7 Å². The Labute approximate surface area is 95.6 Å². The number of halogens is 1. The molecule has 1 fully saturated rings. The lowest BCUT2D eigenvalue weighted by Gasteiger charge is -2.12. The SMILES string of the molecule is CC(C)Nc1ccc(OC2CC2)c(Cl)c1. The van der Waals surface area contributed by atoms with Crippen LogP contribution in [0.4, 0.5) is 5.69 Å². The molecule has 0 spiro atoms. The molecule has 0 amide bonds. The van der Waals surface area contributed by atoms with Gasteiger partial charge in [-0.3, -0.25) is 0 Å². The maximum atomic E-state index is 6.12. The summed E-state index contributed by atoms with van der Waals surface area (Å²) in [6.07, 6.45) is 2.70. The molecular formula is C12H16ClNO. The molecule has 0 bridgehead atoms. The monoisotopic (exact) mass is 225 g/mol. The quantitative estimate of drug-likeness (QED) is 0.844. The van der Waals surface area contributed by atoms with Crippen LogP contribution in [0.15, 0.2) is 18.2 Å². The van der Waals surface area contributed by atoms with E-state index in [0.29, 0.717) is 17.2 Å². The summed E-state index contributed by atoms with van der Waals surface area (Å²) in [4.78, 5) is 0. The third kappa shape index (κ3) is 3.03. The van der Waals surface area contributed by atoms with E-state index < -0.39 is 0 Å². The number of benzene rings is 1. The molecule has 1 saturated carbocycles. The first kappa shape index (κ1) is 10.6. The van der Waals surface area contributed by atoms with Gasteiger partial charge in [0.1, 0.15) is 5.75 Å². The molecule has 2 nitrogen and oxygen atoms in total. The minimum atomic E-state index is 0.395. The van der Waals surface area contributed by atoms with E-state index in [1.807, 2.05) is 18.2 Å². The van der Waals surface area contributed by atoms with Gasteiger partial charge in [-0.15, -0.1) is 0 Å². The number of rotatable bonds is 4.